The largest absolute Gasteiger partial charge is 0.408 e. The number of nitrogens with one attached hydrogen (secondary N) is 3. The molecule has 3 aliphatic heterocycles. The summed E-state index contributed by atoms with van der Waals surface area (Å²) in [4.78, 5) is 24.9. The number of rotatable bonds is 4. The number of aliphatic hydroxyl groups excluding tert-OH is 1. The van der Waals surface area contributed by atoms with Gasteiger partial charge in [0.25, 0.3) is 0 Å². The van der Waals surface area contributed by atoms with Crippen LogP contribution in [0, 0.1) is 0 Å². The molecular formula is C20H25F3N4O4. The Morgan fingerprint density at radius 3 is 2.87 bits per heavy atom. The van der Waals surface area contributed by atoms with Gasteiger partial charge in [0.05, 0.1) is 31.4 Å². The highest BCUT2D eigenvalue weighted by Crippen LogP contribution is 2.39. The molecule has 31 heavy (non-hydrogen) atoms. The number of nitrogens with zero attached hydrogens (tertiary/aromatic N) is 1. The van der Waals surface area contributed by atoms with Gasteiger partial charge < -0.3 is 30.7 Å². The Kier molecular flexibility index (Phi) is 5.98. The Bertz CT molecular complexity index is 850. The molecule has 11 heteroatoms. The maximum Gasteiger partial charge on any atom is 0.408 e. The van der Waals surface area contributed by atoms with E-state index in [-0.39, 0.29) is 38.3 Å². The SMILES string of the molecule is O=C(NCC(=O)N1CCCC1C(F)(F)F)NCc1ccc2c(c1)[C@@H]1C[C@@H](N2)[C@H](O)CO1. The van der Waals surface area contributed by atoms with Gasteiger partial charge in [-0.2, -0.15) is 13.2 Å². The van der Waals surface area contributed by atoms with Crippen molar-refractivity contribution in [2.45, 2.75) is 56.3 Å². The van der Waals surface area contributed by atoms with Crippen LogP contribution in [-0.4, -0.2) is 66.0 Å². The standard InChI is InChI=1S/C20H25F3N4O4/c21-20(22,23)17-2-1-5-27(17)18(29)9-25-19(30)24-8-11-3-4-13-12(6-11)16-7-14(26-13)15(28)10-31-16/h3-4,6,14-17,26,28H,1-2,5,7-10H2,(H2,24,25,30)/t14-,15-,16+,17?/m1/s1. The predicted octanol–water partition coefficient (Wildman–Crippen LogP) is 1.66. The summed E-state index contributed by atoms with van der Waals surface area (Å²) in [5, 5.41) is 18.2. The molecule has 3 amide bonds. The normalized spacial score (nSPS) is 27.3. The Labute approximate surface area is 177 Å². The van der Waals surface area contributed by atoms with Crippen LogP contribution in [0.2, 0.25) is 0 Å². The number of likely N-dealkylation sites (tertiary alicyclic amines) is 1. The van der Waals surface area contributed by atoms with Crippen LogP contribution in [0.25, 0.3) is 0 Å². The highest BCUT2D eigenvalue weighted by molar-refractivity contribution is 5.84. The molecule has 0 saturated carbocycles. The van der Waals surface area contributed by atoms with Crippen molar-refractivity contribution in [1.29, 1.82) is 0 Å². The van der Waals surface area contributed by atoms with Crippen molar-refractivity contribution in [3.8, 4) is 0 Å². The zero-order valence-corrected chi connectivity index (χ0v) is 16.7. The number of ether oxygens (including phenoxy) is 1. The number of carbonyl (C=O) groups is 2. The van der Waals surface area contributed by atoms with Gasteiger partial charge in [0.15, 0.2) is 0 Å². The molecule has 8 nitrogen and oxygen atoms in total. The van der Waals surface area contributed by atoms with Crippen molar-refractivity contribution < 1.29 is 32.6 Å². The Hall–Kier alpha value is -2.53. The molecule has 4 N–H and O–H groups in total. The maximum atomic E-state index is 13.0. The van der Waals surface area contributed by atoms with Crippen LogP contribution in [0.4, 0.5) is 23.7 Å². The van der Waals surface area contributed by atoms with Gasteiger partial charge in [-0.25, -0.2) is 4.79 Å². The first kappa shape index (κ1) is 21.7. The zero-order valence-electron chi connectivity index (χ0n) is 16.7. The minimum absolute atomic E-state index is 0.0383. The highest BCUT2D eigenvalue weighted by Gasteiger charge is 2.47. The van der Waals surface area contributed by atoms with Gasteiger partial charge in [-0.1, -0.05) is 6.07 Å². The zero-order chi connectivity index (χ0) is 22.2. The minimum Gasteiger partial charge on any atom is -0.389 e. The second kappa shape index (κ2) is 8.54. The van der Waals surface area contributed by atoms with Gasteiger partial charge in [0.1, 0.15) is 6.04 Å². The third-order valence-electron chi connectivity index (χ3n) is 6.01. The van der Waals surface area contributed by atoms with Gasteiger partial charge in [-0.15, -0.1) is 0 Å². The fourth-order valence-electron chi connectivity index (χ4n) is 4.39. The van der Waals surface area contributed by atoms with Crippen LogP contribution >= 0.6 is 0 Å². The molecule has 3 heterocycles. The number of anilines is 1. The van der Waals surface area contributed by atoms with E-state index in [0.717, 1.165) is 21.7 Å². The van der Waals surface area contributed by atoms with Crippen LogP contribution in [0.15, 0.2) is 18.2 Å². The number of urea groups is 1. The first-order valence-electron chi connectivity index (χ1n) is 10.3. The van der Waals surface area contributed by atoms with E-state index in [1.807, 2.05) is 18.2 Å². The summed E-state index contributed by atoms with van der Waals surface area (Å²) in [6.07, 6.45) is -4.31. The molecule has 1 unspecified atom stereocenters. The van der Waals surface area contributed by atoms with E-state index < -0.39 is 36.8 Å². The monoisotopic (exact) mass is 442 g/mol. The molecule has 170 valence electrons. The summed E-state index contributed by atoms with van der Waals surface area (Å²) in [5.41, 5.74) is 2.64. The van der Waals surface area contributed by atoms with Gasteiger partial charge in [0, 0.05) is 30.8 Å². The fourth-order valence-corrected chi connectivity index (χ4v) is 4.39. The van der Waals surface area contributed by atoms with Crippen LogP contribution < -0.4 is 16.0 Å². The number of hydrogen-bond acceptors (Lipinski definition) is 5. The summed E-state index contributed by atoms with van der Waals surface area (Å²) < 4.78 is 44.6. The van der Waals surface area contributed by atoms with E-state index in [1.165, 1.54) is 0 Å². The molecule has 0 aromatic heterocycles. The Morgan fingerprint density at radius 2 is 2.10 bits per heavy atom. The first-order valence-corrected chi connectivity index (χ1v) is 10.3. The summed E-state index contributed by atoms with van der Waals surface area (Å²) in [6.45, 7) is -0.0173. The lowest BCUT2D eigenvalue weighted by atomic mass is 9.89. The fraction of sp³-hybridized carbons (Fsp3) is 0.600. The summed E-state index contributed by atoms with van der Waals surface area (Å²) in [6, 6.07) is 3.12. The predicted molar refractivity (Wildman–Crippen MR) is 104 cm³/mol. The van der Waals surface area contributed by atoms with Gasteiger partial charge in [0.2, 0.25) is 5.91 Å². The number of halogens is 3. The van der Waals surface area contributed by atoms with Crippen LogP contribution in [0.1, 0.15) is 36.5 Å². The topological polar surface area (TPSA) is 103 Å². The molecule has 3 aliphatic rings. The highest BCUT2D eigenvalue weighted by atomic mass is 19.4. The minimum atomic E-state index is -4.46. The summed E-state index contributed by atoms with van der Waals surface area (Å²) in [7, 11) is 0. The molecule has 0 aliphatic carbocycles. The smallest absolute Gasteiger partial charge is 0.389 e. The van der Waals surface area contributed by atoms with Crippen LogP contribution in [-0.2, 0) is 16.1 Å². The molecule has 4 rings (SSSR count). The number of carbonyl (C=O) groups excluding carboxylic acids is 2. The number of hydrogen-bond donors (Lipinski definition) is 4. The number of aliphatic hydroxyl groups is 1. The lowest BCUT2D eigenvalue weighted by Gasteiger charge is -2.40. The van der Waals surface area contributed by atoms with Gasteiger partial charge in [-0.05, 0) is 30.5 Å². The van der Waals surface area contributed by atoms with E-state index in [0.29, 0.717) is 12.8 Å². The summed E-state index contributed by atoms with van der Waals surface area (Å²) in [5.74, 6) is -0.749. The van der Waals surface area contributed by atoms with Crippen LogP contribution in [0.5, 0.6) is 0 Å². The lowest BCUT2D eigenvalue weighted by Crippen LogP contribution is -2.49. The molecule has 2 saturated heterocycles. The molecular weight excluding hydrogens is 417 g/mol. The van der Waals surface area contributed by atoms with Crippen molar-refractivity contribution in [1.82, 2.24) is 15.5 Å². The molecule has 2 fully saturated rings. The van der Waals surface area contributed by atoms with E-state index in [9.17, 15) is 27.9 Å². The average molecular weight is 442 g/mol. The quantitative estimate of drug-likeness (QED) is 0.568. The number of fused-ring (bicyclic) bond motifs is 4. The molecule has 1 aromatic carbocycles. The van der Waals surface area contributed by atoms with Crippen LogP contribution in [0.3, 0.4) is 0 Å². The number of benzene rings is 1. The van der Waals surface area contributed by atoms with Crippen molar-refractivity contribution in [3.05, 3.63) is 29.3 Å². The lowest BCUT2D eigenvalue weighted by molar-refractivity contribution is -0.182. The number of alkyl halides is 3. The molecule has 0 radical (unpaired) electrons. The Balaban J connectivity index is 1.27. The molecule has 4 atom stereocenters. The van der Waals surface area contributed by atoms with Gasteiger partial charge in [-0.3, -0.25) is 4.79 Å². The second-order valence-electron chi connectivity index (χ2n) is 8.12. The van der Waals surface area contributed by atoms with E-state index >= 15 is 0 Å². The average Bonchev–Trinajstić information content (AvgIpc) is 3.24. The number of amides is 3. The third-order valence-corrected chi connectivity index (χ3v) is 6.01. The second-order valence-corrected chi connectivity index (χ2v) is 8.12. The molecule has 2 bridgehead atoms. The van der Waals surface area contributed by atoms with Crippen molar-refractivity contribution in [2.75, 3.05) is 25.0 Å². The van der Waals surface area contributed by atoms with Gasteiger partial charge >= 0.3 is 12.2 Å². The molecule has 1 aromatic rings. The Morgan fingerprint density at radius 1 is 1.29 bits per heavy atom. The first-order chi connectivity index (χ1) is 14.7. The van der Waals surface area contributed by atoms with Crippen molar-refractivity contribution >= 4 is 17.6 Å². The summed E-state index contributed by atoms with van der Waals surface area (Å²) >= 11 is 0. The van der Waals surface area contributed by atoms with E-state index in [2.05, 4.69) is 16.0 Å². The van der Waals surface area contributed by atoms with Crippen molar-refractivity contribution in [3.63, 3.8) is 0 Å². The maximum absolute atomic E-state index is 13.0. The molecule has 0 spiro atoms. The van der Waals surface area contributed by atoms with E-state index in [4.69, 9.17) is 4.74 Å². The van der Waals surface area contributed by atoms with E-state index in [1.54, 1.807) is 0 Å². The van der Waals surface area contributed by atoms with Crippen molar-refractivity contribution in [2.24, 2.45) is 0 Å². The third kappa shape index (κ3) is 4.72.